The number of carbonyl (C=O) groups is 1. The molecule has 6 nitrogen and oxygen atoms in total. The predicted molar refractivity (Wildman–Crippen MR) is 105 cm³/mol. The number of amides is 1. The number of carbonyl (C=O) groups excluding carboxylic acids is 1. The lowest BCUT2D eigenvalue weighted by molar-refractivity contribution is -0.133. The molecule has 3 aromatic rings. The van der Waals surface area contributed by atoms with Crippen LogP contribution < -0.4 is 4.74 Å². The lowest BCUT2D eigenvalue weighted by Crippen LogP contribution is -2.33. The summed E-state index contributed by atoms with van der Waals surface area (Å²) in [6.45, 7) is 1.16. The molecule has 6 heteroatoms. The van der Waals surface area contributed by atoms with Gasteiger partial charge >= 0.3 is 0 Å². The van der Waals surface area contributed by atoms with Crippen molar-refractivity contribution in [2.24, 2.45) is 5.92 Å². The van der Waals surface area contributed by atoms with Crippen LogP contribution in [0.2, 0.25) is 0 Å². The van der Waals surface area contributed by atoms with Crippen LogP contribution in [0.3, 0.4) is 0 Å². The van der Waals surface area contributed by atoms with E-state index in [-0.39, 0.29) is 11.8 Å². The van der Waals surface area contributed by atoms with E-state index in [1.165, 1.54) is 0 Å². The molecule has 1 saturated carbocycles. The summed E-state index contributed by atoms with van der Waals surface area (Å²) in [4.78, 5) is 19.1. The smallest absolute Gasteiger partial charge is 0.228 e. The molecule has 28 heavy (non-hydrogen) atoms. The molecule has 1 aliphatic carbocycles. The SMILES string of the molecule is COc1cccc(-c2noc(CCN(Cc3ccccc3)C(=O)C3CC3)n2)c1. The first-order valence-corrected chi connectivity index (χ1v) is 9.52. The van der Waals surface area contributed by atoms with E-state index in [1.807, 2.05) is 59.5 Å². The highest BCUT2D eigenvalue weighted by molar-refractivity contribution is 5.81. The van der Waals surface area contributed by atoms with Crippen LogP contribution in [0.5, 0.6) is 5.75 Å². The second kappa shape index (κ2) is 8.25. The Morgan fingerprint density at radius 2 is 2.00 bits per heavy atom. The molecule has 144 valence electrons. The van der Waals surface area contributed by atoms with E-state index in [4.69, 9.17) is 9.26 Å². The number of aromatic nitrogens is 2. The van der Waals surface area contributed by atoms with Gasteiger partial charge < -0.3 is 14.2 Å². The van der Waals surface area contributed by atoms with Crippen LogP contribution >= 0.6 is 0 Å². The Bertz CT molecular complexity index is 935. The summed E-state index contributed by atoms with van der Waals surface area (Å²) in [6, 6.07) is 17.6. The third-order valence-corrected chi connectivity index (χ3v) is 4.85. The van der Waals surface area contributed by atoms with Gasteiger partial charge in [0.15, 0.2) is 0 Å². The molecular formula is C22H23N3O3. The zero-order chi connectivity index (χ0) is 19.3. The summed E-state index contributed by atoms with van der Waals surface area (Å²) >= 11 is 0. The zero-order valence-electron chi connectivity index (χ0n) is 15.9. The number of benzene rings is 2. The topological polar surface area (TPSA) is 68.5 Å². The third-order valence-electron chi connectivity index (χ3n) is 4.85. The average Bonchev–Trinajstić information content (AvgIpc) is 3.49. The van der Waals surface area contributed by atoms with Crippen molar-refractivity contribution in [3.63, 3.8) is 0 Å². The Balaban J connectivity index is 1.43. The van der Waals surface area contributed by atoms with E-state index < -0.39 is 0 Å². The van der Waals surface area contributed by atoms with E-state index in [9.17, 15) is 4.79 Å². The van der Waals surface area contributed by atoms with Gasteiger partial charge in [0.1, 0.15) is 5.75 Å². The Kier molecular flexibility index (Phi) is 5.37. The Hall–Kier alpha value is -3.15. The summed E-state index contributed by atoms with van der Waals surface area (Å²) in [5.74, 6) is 2.19. The fraction of sp³-hybridized carbons (Fsp3) is 0.318. The van der Waals surface area contributed by atoms with Gasteiger partial charge in [-0.15, -0.1) is 0 Å². The molecular weight excluding hydrogens is 354 g/mol. The number of hydrogen-bond acceptors (Lipinski definition) is 5. The zero-order valence-corrected chi connectivity index (χ0v) is 15.9. The Labute approximate surface area is 164 Å². The number of ether oxygens (including phenoxy) is 1. The molecule has 0 radical (unpaired) electrons. The van der Waals surface area contributed by atoms with Gasteiger partial charge in [0, 0.05) is 31.0 Å². The molecule has 1 aliphatic rings. The van der Waals surface area contributed by atoms with Crippen LogP contribution in [0.4, 0.5) is 0 Å². The Morgan fingerprint density at radius 1 is 1.18 bits per heavy atom. The molecule has 1 amide bonds. The van der Waals surface area contributed by atoms with Crippen molar-refractivity contribution in [1.29, 1.82) is 0 Å². The summed E-state index contributed by atoms with van der Waals surface area (Å²) in [7, 11) is 1.62. The van der Waals surface area contributed by atoms with E-state index in [2.05, 4.69) is 10.1 Å². The van der Waals surface area contributed by atoms with Gasteiger partial charge in [0.2, 0.25) is 17.6 Å². The molecule has 1 aromatic heterocycles. The lowest BCUT2D eigenvalue weighted by Gasteiger charge is -2.22. The summed E-state index contributed by atoms with van der Waals surface area (Å²) < 4.78 is 10.7. The molecule has 1 fully saturated rings. The van der Waals surface area contributed by atoms with Crippen LogP contribution in [0.1, 0.15) is 24.3 Å². The second-order valence-corrected chi connectivity index (χ2v) is 7.01. The largest absolute Gasteiger partial charge is 0.497 e. The molecule has 0 aliphatic heterocycles. The minimum Gasteiger partial charge on any atom is -0.497 e. The first-order chi connectivity index (χ1) is 13.7. The van der Waals surface area contributed by atoms with Gasteiger partial charge in [-0.05, 0) is 30.5 Å². The Morgan fingerprint density at radius 3 is 2.75 bits per heavy atom. The quantitative estimate of drug-likeness (QED) is 0.598. The molecule has 0 unspecified atom stereocenters. The molecule has 2 aromatic carbocycles. The average molecular weight is 377 g/mol. The molecule has 0 saturated heterocycles. The molecule has 0 atom stereocenters. The summed E-state index contributed by atoms with van der Waals surface area (Å²) in [5, 5.41) is 4.07. The van der Waals surface area contributed by atoms with Gasteiger partial charge in [-0.25, -0.2) is 0 Å². The number of nitrogens with zero attached hydrogens (tertiary/aromatic N) is 3. The van der Waals surface area contributed by atoms with Crippen LogP contribution in [-0.4, -0.2) is 34.6 Å². The standard InChI is InChI=1S/C22H23N3O3/c1-27-19-9-5-8-18(14-19)21-23-20(28-24-21)12-13-25(22(26)17-10-11-17)15-16-6-3-2-4-7-16/h2-9,14,17H,10-13,15H2,1H3. The van der Waals surface area contributed by atoms with Gasteiger partial charge in [-0.2, -0.15) is 4.98 Å². The minimum atomic E-state index is 0.179. The van der Waals surface area contributed by atoms with Crippen molar-refractivity contribution >= 4 is 5.91 Å². The van der Waals surface area contributed by atoms with Crippen molar-refractivity contribution in [2.45, 2.75) is 25.8 Å². The maximum Gasteiger partial charge on any atom is 0.228 e. The van der Waals surface area contributed by atoms with Crippen LogP contribution in [0, 0.1) is 5.92 Å². The first-order valence-electron chi connectivity index (χ1n) is 9.52. The lowest BCUT2D eigenvalue weighted by atomic mass is 10.2. The van der Waals surface area contributed by atoms with Crippen molar-refractivity contribution < 1.29 is 14.1 Å². The number of hydrogen-bond donors (Lipinski definition) is 0. The predicted octanol–water partition coefficient (Wildman–Crippen LogP) is 3.73. The molecule has 0 spiro atoms. The molecule has 1 heterocycles. The van der Waals surface area contributed by atoms with Crippen LogP contribution in [0.25, 0.3) is 11.4 Å². The first kappa shape index (κ1) is 18.2. The van der Waals surface area contributed by atoms with Gasteiger partial charge in [-0.3, -0.25) is 4.79 Å². The molecule has 0 N–H and O–H groups in total. The highest BCUT2D eigenvalue weighted by Crippen LogP contribution is 2.31. The minimum absolute atomic E-state index is 0.179. The summed E-state index contributed by atoms with van der Waals surface area (Å²) in [5.41, 5.74) is 1.96. The van der Waals surface area contributed by atoms with Gasteiger partial charge in [-0.1, -0.05) is 47.6 Å². The van der Waals surface area contributed by atoms with Crippen molar-refractivity contribution in [3.8, 4) is 17.1 Å². The molecule has 0 bridgehead atoms. The maximum absolute atomic E-state index is 12.7. The second-order valence-electron chi connectivity index (χ2n) is 7.01. The maximum atomic E-state index is 12.7. The van der Waals surface area contributed by atoms with Crippen molar-refractivity contribution in [2.75, 3.05) is 13.7 Å². The summed E-state index contributed by atoms with van der Waals surface area (Å²) in [6.07, 6.45) is 2.51. The monoisotopic (exact) mass is 377 g/mol. The van der Waals surface area contributed by atoms with E-state index in [1.54, 1.807) is 7.11 Å². The highest BCUT2D eigenvalue weighted by atomic mass is 16.5. The number of rotatable bonds is 8. The van der Waals surface area contributed by atoms with Crippen LogP contribution in [-0.2, 0) is 17.8 Å². The normalized spacial score (nSPS) is 13.3. The fourth-order valence-electron chi connectivity index (χ4n) is 3.13. The van der Waals surface area contributed by atoms with Crippen LogP contribution in [0.15, 0.2) is 59.1 Å². The van der Waals surface area contributed by atoms with Crippen molar-refractivity contribution in [3.05, 3.63) is 66.1 Å². The fourth-order valence-corrected chi connectivity index (χ4v) is 3.13. The number of methoxy groups -OCH3 is 1. The van der Waals surface area contributed by atoms with Gasteiger partial charge in [0.05, 0.1) is 7.11 Å². The van der Waals surface area contributed by atoms with Crippen molar-refractivity contribution in [1.82, 2.24) is 15.0 Å². The highest BCUT2D eigenvalue weighted by Gasteiger charge is 2.33. The van der Waals surface area contributed by atoms with E-state index in [0.717, 1.165) is 29.7 Å². The molecule has 4 rings (SSSR count). The van der Waals surface area contributed by atoms with Gasteiger partial charge in [0.25, 0.3) is 0 Å². The third kappa shape index (κ3) is 4.39. The van der Waals surface area contributed by atoms with E-state index in [0.29, 0.717) is 31.2 Å². The van der Waals surface area contributed by atoms with E-state index >= 15 is 0 Å².